The lowest BCUT2D eigenvalue weighted by Gasteiger charge is -2.32. The summed E-state index contributed by atoms with van der Waals surface area (Å²) in [4.78, 5) is 20.4. The van der Waals surface area contributed by atoms with Gasteiger partial charge in [-0.3, -0.25) is 9.36 Å². The van der Waals surface area contributed by atoms with Crippen LogP contribution in [0.2, 0.25) is 0 Å². The first kappa shape index (κ1) is 18.5. The fraction of sp³-hybridized carbons (Fsp3) is 0.333. The number of thiophene rings is 1. The Bertz CT molecular complexity index is 1060. The van der Waals surface area contributed by atoms with Crippen LogP contribution in [0.3, 0.4) is 0 Å². The average Bonchev–Trinajstić information content (AvgIpc) is 3.04. The minimum atomic E-state index is -0.221. The summed E-state index contributed by atoms with van der Waals surface area (Å²) in [6.07, 6.45) is 3.50. The number of hydrogen-bond donors (Lipinski definition) is 0. The first-order valence-electron chi connectivity index (χ1n) is 9.06. The maximum absolute atomic E-state index is 13.6. The number of ether oxygens (including phenoxy) is 1. The molecule has 6 heteroatoms. The maximum Gasteiger partial charge on any atom is 0.267 e. The predicted octanol–water partition coefficient (Wildman–Crippen LogP) is 4.97. The van der Waals surface area contributed by atoms with E-state index < -0.39 is 0 Å². The van der Waals surface area contributed by atoms with Crippen molar-refractivity contribution < 1.29 is 4.74 Å². The highest BCUT2D eigenvalue weighted by atomic mass is 32.2. The van der Waals surface area contributed by atoms with Gasteiger partial charge in [0.05, 0.1) is 23.3 Å². The van der Waals surface area contributed by atoms with Crippen LogP contribution in [0.15, 0.2) is 52.9 Å². The van der Waals surface area contributed by atoms with Crippen LogP contribution in [0, 0.1) is 0 Å². The fourth-order valence-corrected chi connectivity index (χ4v) is 5.25. The molecule has 1 aromatic carbocycles. The molecule has 0 N–H and O–H groups in total. The molecule has 0 fully saturated rings. The molecule has 3 heterocycles. The van der Waals surface area contributed by atoms with E-state index in [4.69, 9.17) is 9.72 Å². The summed E-state index contributed by atoms with van der Waals surface area (Å²) in [5.41, 5.74) is 1.75. The largest absolute Gasteiger partial charge is 0.369 e. The van der Waals surface area contributed by atoms with Gasteiger partial charge in [-0.1, -0.05) is 43.0 Å². The molecule has 4 nitrogen and oxygen atoms in total. The molecule has 27 heavy (non-hydrogen) atoms. The van der Waals surface area contributed by atoms with Gasteiger partial charge in [-0.05, 0) is 31.0 Å². The van der Waals surface area contributed by atoms with Gasteiger partial charge < -0.3 is 4.74 Å². The topological polar surface area (TPSA) is 44.1 Å². The molecule has 0 amide bonds. The van der Waals surface area contributed by atoms with Gasteiger partial charge in [0.25, 0.3) is 5.56 Å². The lowest BCUT2D eigenvalue weighted by molar-refractivity contribution is -0.0543. The van der Waals surface area contributed by atoms with Crippen LogP contribution in [0.5, 0.6) is 0 Å². The van der Waals surface area contributed by atoms with E-state index in [0.717, 1.165) is 39.2 Å². The average molecular weight is 399 g/mol. The Kier molecular flexibility index (Phi) is 4.97. The van der Waals surface area contributed by atoms with E-state index in [1.165, 1.54) is 11.8 Å². The zero-order valence-corrected chi connectivity index (χ0v) is 17.2. The van der Waals surface area contributed by atoms with Crippen molar-refractivity contribution in [2.45, 2.75) is 44.1 Å². The van der Waals surface area contributed by atoms with Crippen molar-refractivity contribution in [2.24, 2.45) is 0 Å². The van der Waals surface area contributed by atoms with E-state index in [-0.39, 0.29) is 11.2 Å². The summed E-state index contributed by atoms with van der Waals surface area (Å²) in [6.45, 7) is 8.60. The van der Waals surface area contributed by atoms with Crippen molar-refractivity contribution in [1.82, 2.24) is 9.55 Å². The van der Waals surface area contributed by atoms with Crippen LogP contribution in [0.4, 0.5) is 0 Å². The second-order valence-electron chi connectivity index (χ2n) is 6.92. The maximum atomic E-state index is 13.6. The quantitative estimate of drug-likeness (QED) is 0.346. The lowest BCUT2D eigenvalue weighted by Crippen LogP contribution is -2.34. The molecule has 1 atom stereocenters. The van der Waals surface area contributed by atoms with E-state index in [1.54, 1.807) is 15.9 Å². The van der Waals surface area contributed by atoms with Crippen molar-refractivity contribution in [3.8, 4) is 5.69 Å². The molecule has 0 saturated carbocycles. The van der Waals surface area contributed by atoms with Crippen molar-refractivity contribution in [3.63, 3.8) is 0 Å². The normalized spacial score (nSPS) is 19.2. The fourth-order valence-electron chi connectivity index (χ4n) is 3.36. The molecule has 0 bridgehead atoms. The first-order chi connectivity index (χ1) is 13.1. The number of thioether (sulfide) groups is 1. The van der Waals surface area contributed by atoms with E-state index in [2.05, 4.69) is 20.4 Å². The lowest BCUT2D eigenvalue weighted by atomic mass is 9.90. The zero-order chi connectivity index (χ0) is 19.0. The minimum Gasteiger partial charge on any atom is -0.369 e. The van der Waals surface area contributed by atoms with Crippen LogP contribution in [0.1, 0.15) is 30.7 Å². The van der Waals surface area contributed by atoms with E-state index in [0.29, 0.717) is 17.5 Å². The highest BCUT2D eigenvalue weighted by molar-refractivity contribution is 7.99. The van der Waals surface area contributed by atoms with Gasteiger partial charge in [0.2, 0.25) is 0 Å². The second kappa shape index (κ2) is 7.26. The number of aromatic nitrogens is 2. The summed E-state index contributed by atoms with van der Waals surface area (Å²) in [5.74, 6) is 0.701. The number of rotatable bonds is 5. The van der Waals surface area contributed by atoms with Gasteiger partial charge in [0.1, 0.15) is 4.83 Å². The molecular formula is C21H22N2O2S2. The number of benzene rings is 1. The van der Waals surface area contributed by atoms with E-state index >= 15 is 0 Å². The Morgan fingerprint density at radius 2 is 2.19 bits per heavy atom. The summed E-state index contributed by atoms with van der Waals surface area (Å²) >= 11 is 3.12. The molecule has 0 radical (unpaired) electrons. The number of fused-ring (bicyclic) bond motifs is 3. The Morgan fingerprint density at radius 1 is 1.41 bits per heavy atom. The van der Waals surface area contributed by atoms with E-state index in [9.17, 15) is 4.79 Å². The SMILES string of the molecule is C=CCSc1nc2sc3c(c2c(=O)n1-c1ccccc1)C[C@@](C)(CC)OC3. The van der Waals surface area contributed by atoms with Crippen LogP contribution in [-0.4, -0.2) is 20.9 Å². The number of nitrogens with zero attached hydrogens (tertiary/aromatic N) is 2. The van der Waals surface area contributed by atoms with Crippen LogP contribution in [-0.2, 0) is 17.8 Å². The summed E-state index contributed by atoms with van der Waals surface area (Å²) in [7, 11) is 0. The molecule has 1 aliphatic heterocycles. The van der Waals surface area contributed by atoms with Gasteiger partial charge in [0.15, 0.2) is 5.16 Å². The zero-order valence-electron chi connectivity index (χ0n) is 15.5. The third-order valence-corrected chi connectivity index (χ3v) is 7.11. The third-order valence-electron chi connectivity index (χ3n) is 5.07. The molecule has 1 aliphatic rings. The highest BCUT2D eigenvalue weighted by Gasteiger charge is 2.33. The van der Waals surface area contributed by atoms with Crippen molar-refractivity contribution in [1.29, 1.82) is 0 Å². The Labute approximate surface area is 166 Å². The van der Waals surface area contributed by atoms with Gasteiger partial charge in [-0.2, -0.15) is 0 Å². The van der Waals surface area contributed by atoms with Gasteiger partial charge in [-0.25, -0.2) is 4.98 Å². The summed E-state index contributed by atoms with van der Waals surface area (Å²) in [5, 5.41) is 1.46. The van der Waals surface area contributed by atoms with Crippen molar-refractivity contribution in [3.05, 3.63) is 63.8 Å². The minimum absolute atomic E-state index is 0.00983. The smallest absolute Gasteiger partial charge is 0.267 e. The predicted molar refractivity (Wildman–Crippen MR) is 113 cm³/mol. The van der Waals surface area contributed by atoms with Gasteiger partial charge in [-0.15, -0.1) is 17.9 Å². The summed E-state index contributed by atoms with van der Waals surface area (Å²) in [6, 6.07) is 9.74. The number of para-hydroxylation sites is 1. The standard InChI is InChI=1S/C21H22N2O2S2/c1-4-11-26-20-22-18-17(19(24)23(20)14-9-7-6-8-10-14)15-12-21(3,5-2)25-13-16(15)27-18/h4,6-10H,1,5,11-13H2,2-3H3/t21-/m1/s1. The molecule has 0 saturated heterocycles. The van der Waals surface area contributed by atoms with Crippen LogP contribution < -0.4 is 5.56 Å². The molecule has 140 valence electrons. The molecule has 0 aliphatic carbocycles. The Balaban J connectivity index is 1.98. The Morgan fingerprint density at radius 3 is 2.89 bits per heavy atom. The molecule has 4 rings (SSSR count). The molecule has 0 unspecified atom stereocenters. The van der Waals surface area contributed by atoms with Crippen molar-refractivity contribution in [2.75, 3.05) is 5.75 Å². The monoisotopic (exact) mass is 398 g/mol. The Hall–Kier alpha value is -1.89. The van der Waals surface area contributed by atoms with E-state index in [1.807, 2.05) is 36.4 Å². The molecule has 3 aromatic rings. The molecular weight excluding hydrogens is 376 g/mol. The van der Waals surface area contributed by atoms with Crippen LogP contribution in [0.25, 0.3) is 15.9 Å². The highest BCUT2D eigenvalue weighted by Crippen LogP contribution is 2.39. The van der Waals surface area contributed by atoms with Gasteiger partial charge in [0, 0.05) is 17.1 Å². The van der Waals surface area contributed by atoms with Crippen molar-refractivity contribution >= 4 is 33.3 Å². The second-order valence-corrected chi connectivity index (χ2v) is 8.99. The molecule has 2 aromatic heterocycles. The first-order valence-corrected chi connectivity index (χ1v) is 10.9. The number of hydrogen-bond acceptors (Lipinski definition) is 5. The van der Waals surface area contributed by atoms with Crippen LogP contribution >= 0.6 is 23.1 Å². The van der Waals surface area contributed by atoms with Gasteiger partial charge >= 0.3 is 0 Å². The molecule has 0 spiro atoms. The third kappa shape index (κ3) is 3.26. The summed E-state index contributed by atoms with van der Waals surface area (Å²) < 4.78 is 7.81.